The molecule has 0 aliphatic heterocycles. The van der Waals surface area contributed by atoms with E-state index in [1.165, 1.54) is 23.9 Å². The lowest BCUT2D eigenvalue weighted by Crippen LogP contribution is -2.23. The largest absolute Gasteiger partial charge is 0.483 e. The highest BCUT2D eigenvalue weighted by atomic mass is 32.2. The van der Waals surface area contributed by atoms with Crippen LogP contribution in [0.5, 0.6) is 5.75 Å². The van der Waals surface area contributed by atoms with E-state index in [9.17, 15) is 9.18 Å². The van der Waals surface area contributed by atoms with E-state index in [4.69, 9.17) is 10.5 Å². The predicted molar refractivity (Wildman–Crippen MR) is 85.5 cm³/mol. The van der Waals surface area contributed by atoms with Gasteiger partial charge in [-0.15, -0.1) is 16.8 Å². The van der Waals surface area contributed by atoms with Gasteiger partial charge in [0.1, 0.15) is 6.61 Å². The van der Waals surface area contributed by atoms with Crippen LogP contribution in [-0.2, 0) is 17.9 Å². The number of rotatable bonds is 8. The van der Waals surface area contributed by atoms with Crippen molar-refractivity contribution in [2.45, 2.75) is 30.5 Å². The van der Waals surface area contributed by atoms with Crippen LogP contribution in [0.15, 0.2) is 42.1 Å². The summed E-state index contributed by atoms with van der Waals surface area (Å²) in [6.07, 6.45) is 1.68. The first kappa shape index (κ1) is 17.0. The summed E-state index contributed by atoms with van der Waals surface area (Å²) in [5, 5.41) is 8.16. The maximum atomic E-state index is 13.6. The molecule has 1 heterocycles. The molecule has 0 spiro atoms. The molecule has 0 fully saturated rings. The Labute approximate surface area is 137 Å². The molecule has 0 aliphatic carbocycles. The number of benzene rings is 1. The number of hydrogen-bond donors (Lipinski definition) is 1. The molecule has 23 heavy (non-hydrogen) atoms. The topological polar surface area (TPSA) is 83.0 Å². The minimum Gasteiger partial charge on any atom is -0.483 e. The number of allylic oxidation sites excluding steroid dienone is 1. The average molecular weight is 336 g/mol. The van der Waals surface area contributed by atoms with E-state index in [0.29, 0.717) is 17.5 Å². The number of nitrogens with zero attached hydrogens (tertiary/aromatic N) is 3. The molecule has 2 N–H and O–H groups in total. The van der Waals surface area contributed by atoms with Gasteiger partial charge in [-0.3, -0.25) is 9.36 Å². The van der Waals surface area contributed by atoms with E-state index in [1.807, 2.05) is 0 Å². The van der Waals surface area contributed by atoms with Crippen molar-refractivity contribution in [2.24, 2.45) is 5.73 Å². The van der Waals surface area contributed by atoms with Crippen LogP contribution in [0.25, 0.3) is 0 Å². The van der Waals surface area contributed by atoms with Crippen LogP contribution in [0.2, 0.25) is 0 Å². The summed E-state index contributed by atoms with van der Waals surface area (Å²) in [5.41, 5.74) is 5.26. The van der Waals surface area contributed by atoms with E-state index >= 15 is 0 Å². The predicted octanol–water partition coefficient (Wildman–Crippen LogP) is 2.15. The minimum absolute atomic E-state index is 0.0489. The summed E-state index contributed by atoms with van der Waals surface area (Å²) in [6, 6.07) is 6.12. The number of nitrogens with two attached hydrogens (primary N) is 1. The lowest BCUT2D eigenvalue weighted by atomic mass is 10.3. The van der Waals surface area contributed by atoms with E-state index in [1.54, 1.807) is 29.7 Å². The molecule has 1 aromatic heterocycles. The van der Waals surface area contributed by atoms with Gasteiger partial charge in [0.25, 0.3) is 0 Å². The number of carbonyl (C=O) groups excluding carboxylic acids is 1. The standard InChI is InChI=1S/C15H17FN4O2S/c1-3-8-20-13(9-22-12-7-5-4-6-11(12)16)18-19-15(20)23-10(2)14(17)21/h3-7,10H,1,8-9H2,2H3,(H2,17,21)/t10-/m0/s1. The van der Waals surface area contributed by atoms with Crippen molar-refractivity contribution in [3.8, 4) is 5.75 Å². The Bertz CT molecular complexity index is 705. The van der Waals surface area contributed by atoms with Crippen molar-refractivity contribution in [1.29, 1.82) is 0 Å². The molecule has 1 amide bonds. The van der Waals surface area contributed by atoms with Crippen molar-refractivity contribution < 1.29 is 13.9 Å². The fourth-order valence-electron chi connectivity index (χ4n) is 1.75. The molecule has 0 bridgehead atoms. The van der Waals surface area contributed by atoms with Gasteiger partial charge in [0.15, 0.2) is 22.5 Å². The smallest absolute Gasteiger partial charge is 0.230 e. The highest BCUT2D eigenvalue weighted by Gasteiger charge is 2.18. The zero-order valence-corrected chi connectivity index (χ0v) is 13.4. The number of primary amides is 1. The van der Waals surface area contributed by atoms with E-state index < -0.39 is 17.0 Å². The first-order valence-corrected chi connectivity index (χ1v) is 7.77. The Balaban J connectivity index is 2.15. The van der Waals surface area contributed by atoms with Crippen LogP contribution < -0.4 is 10.5 Å². The van der Waals surface area contributed by atoms with E-state index in [-0.39, 0.29) is 12.4 Å². The third kappa shape index (κ3) is 4.32. The summed E-state index contributed by atoms with van der Waals surface area (Å²) in [5.74, 6) is -0.237. The van der Waals surface area contributed by atoms with Crippen molar-refractivity contribution in [3.05, 3.63) is 48.6 Å². The lowest BCUT2D eigenvalue weighted by Gasteiger charge is -2.11. The fraction of sp³-hybridized carbons (Fsp3) is 0.267. The van der Waals surface area contributed by atoms with Crippen molar-refractivity contribution in [2.75, 3.05) is 0 Å². The number of para-hydroxylation sites is 1. The molecule has 1 aromatic carbocycles. The number of halogens is 1. The van der Waals surface area contributed by atoms with Crippen LogP contribution in [0, 0.1) is 5.82 Å². The number of ether oxygens (including phenoxy) is 1. The van der Waals surface area contributed by atoms with Gasteiger partial charge in [-0.25, -0.2) is 4.39 Å². The summed E-state index contributed by atoms with van der Waals surface area (Å²) < 4.78 is 20.8. The third-order valence-corrected chi connectivity index (χ3v) is 4.08. The molecular weight excluding hydrogens is 319 g/mol. The molecule has 6 nitrogen and oxygen atoms in total. The number of carbonyl (C=O) groups is 1. The number of amides is 1. The number of hydrogen-bond acceptors (Lipinski definition) is 5. The van der Waals surface area contributed by atoms with E-state index in [2.05, 4.69) is 16.8 Å². The van der Waals surface area contributed by atoms with Crippen LogP contribution in [-0.4, -0.2) is 25.9 Å². The number of thioether (sulfide) groups is 1. The van der Waals surface area contributed by atoms with Gasteiger partial charge in [-0.2, -0.15) is 0 Å². The van der Waals surface area contributed by atoms with Crippen LogP contribution in [0.4, 0.5) is 4.39 Å². The summed E-state index contributed by atoms with van der Waals surface area (Å²) in [6.45, 7) is 5.87. The van der Waals surface area contributed by atoms with Gasteiger partial charge in [0, 0.05) is 6.54 Å². The molecule has 2 rings (SSSR count). The first-order valence-electron chi connectivity index (χ1n) is 6.89. The maximum absolute atomic E-state index is 13.6. The molecule has 2 aromatic rings. The van der Waals surface area contributed by atoms with Crippen molar-refractivity contribution in [1.82, 2.24) is 14.8 Å². The molecular formula is C15H17FN4O2S. The highest BCUT2D eigenvalue weighted by Crippen LogP contribution is 2.23. The quantitative estimate of drug-likeness (QED) is 0.590. The molecule has 0 saturated carbocycles. The van der Waals surface area contributed by atoms with Crippen LogP contribution >= 0.6 is 11.8 Å². The van der Waals surface area contributed by atoms with E-state index in [0.717, 1.165) is 0 Å². The zero-order chi connectivity index (χ0) is 16.8. The Morgan fingerprint density at radius 3 is 2.91 bits per heavy atom. The third-order valence-electron chi connectivity index (χ3n) is 2.98. The Kier molecular flexibility index (Phi) is 5.75. The molecule has 0 aliphatic rings. The Morgan fingerprint density at radius 1 is 1.52 bits per heavy atom. The van der Waals surface area contributed by atoms with Gasteiger partial charge in [0.2, 0.25) is 5.91 Å². The summed E-state index contributed by atoms with van der Waals surface area (Å²) in [7, 11) is 0. The van der Waals surface area contributed by atoms with Gasteiger partial charge in [-0.1, -0.05) is 30.0 Å². The second-order valence-electron chi connectivity index (χ2n) is 4.68. The highest BCUT2D eigenvalue weighted by molar-refractivity contribution is 8.00. The number of aromatic nitrogens is 3. The summed E-state index contributed by atoms with van der Waals surface area (Å²) in [4.78, 5) is 11.2. The molecule has 122 valence electrons. The average Bonchev–Trinajstić information content (AvgIpc) is 2.89. The van der Waals surface area contributed by atoms with Gasteiger partial charge < -0.3 is 10.5 Å². The SMILES string of the molecule is C=CCn1c(COc2ccccc2F)nnc1S[C@@H](C)C(N)=O. The van der Waals surface area contributed by atoms with Crippen molar-refractivity contribution >= 4 is 17.7 Å². The fourth-order valence-corrected chi connectivity index (χ4v) is 2.57. The Hall–Kier alpha value is -2.35. The van der Waals surface area contributed by atoms with Gasteiger partial charge in [0.05, 0.1) is 5.25 Å². The lowest BCUT2D eigenvalue weighted by molar-refractivity contribution is -0.117. The zero-order valence-electron chi connectivity index (χ0n) is 12.6. The Morgan fingerprint density at radius 2 is 2.26 bits per heavy atom. The van der Waals surface area contributed by atoms with Gasteiger partial charge >= 0.3 is 0 Å². The van der Waals surface area contributed by atoms with Crippen LogP contribution in [0.3, 0.4) is 0 Å². The van der Waals surface area contributed by atoms with Crippen LogP contribution in [0.1, 0.15) is 12.7 Å². The monoisotopic (exact) mass is 336 g/mol. The molecule has 0 unspecified atom stereocenters. The molecule has 0 radical (unpaired) electrons. The van der Waals surface area contributed by atoms with Crippen molar-refractivity contribution in [3.63, 3.8) is 0 Å². The molecule has 0 saturated heterocycles. The first-order chi connectivity index (χ1) is 11.0. The maximum Gasteiger partial charge on any atom is 0.230 e. The second-order valence-corrected chi connectivity index (χ2v) is 5.99. The second kappa shape index (κ2) is 7.77. The van der Waals surface area contributed by atoms with Gasteiger partial charge in [-0.05, 0) is 19.1 Å². The molecule has 1 atom stereocenters. The minimum atomic E-state index is -0.445. The summed E-state index contributed by atoms with van der Waals surface area (Å²) >= 11 is 1.20. The normalized spacial score (nSPS) is 11.9. The molecule has 8 heteroatoms.